The fourth-order valence-electron chi connectivity index (χ4n) is 3.06. The van der Waals surface area contributed by atoms with Crippen molar-refractivity contribution in [1.82, 2.24) is 10.6 Å². The summed E-state index contributed by atoms with van der Waals surface area (Å²) in [6.07, 6.45) is 10.4. The maximum atomic E-state index is 11.9. The Kier molecular flexibility index (Phi) is 5.54. The van der Waals surface area contributed by atoms with Crippen molar-refractivity contribution < 1.29 is 9.53 Å². The number of hydrogen-bond acceptors (Lipinski definition) is 3. The van der Waals surface area contributed by atoms with E-state index in [0.717, 1.165) is 12.5 Å². The van der Waals surface area contributed by atoms with E-state index in [4.69, 9.17) is 4.74 Å². The molecule has 0 aromatic carbocycles. The molecular formula is C18H32N2O2. The lowest BCUT2D eigenvalue weighted by atomic mass is 9.91. The molecule has 2 aliphatic carbocycles. The van der Waals surface area contributed by atoms with Gasteiger partial charge in [-0.2, -0.15) is 0 Å². The highest BCUT2D eigenvalue weighted by molar-refractivity contribution is 5.67. The molecule has 2 aliphatic rings. The van der Waals surface area contributed by atoms with E-state index in [9.17, 15) is 4.79 Å². The number of alkyl carbamates (subject to hydrolysis) is 1. The van der Waals surface area contributed by atoms with E-state index in [0.29, 0.717) is 12.5 Å². The number of carbonyl (C=O) groups excluding carboxylic acids is 1. The van der Waals surface area contributed by atoms with Gasteiger partial charge in [0.2, 0.25) is 0 Å². The van der Waals surface area contributed by atoms with E-state index >= 15 is 0 Å². The lowest BCUT2D eigenvalue weighted by Gasteiger charge is -2.34. The number of nitrogens with one attached hydrogen (secondary N) is 2. The Balaban J connectivity index is 1.80. The summed E-state index contributed by atoms with van der Waals surface area (Å²) in [5, 5.41) is 6.69. The van der Waals surface area contributed by atoms with Gasteiger partial charge in [-0.3, -0.25) is 0 Å². The molecule has 1 fully saturated rings. The summed E-state index contributed by atoms with van der Waals surface area (Å²) in [5.74, 6) is 1.39. The fourth-order valence-corrected chi connectivity index (χ4v) is 3.06. The summed E-state index contributed by atoms with van der Waals surface area (Å²) in [6.45, 7) is 9.58. The van der Waals surface area contributed by atoms with E-state index in [1.54, 1.807) is 0 Å². The van der Waals surface area contributed by atoms with Crippen LogP contribution in [0.5, 0.6) is 0 Å². The molecule has 0 radical (unpaired) electrons. The van der Waals surface area contributed by atoms with E-state index in [1.165, 1.54) is 32.1 Å². The Hall–Kier alpha value is -1.03. The summed E-state index contributed by atoms with van der Waals surface area (Å²) < 4.78 is 5.34. The quantitative estimate of drug-likeness (QED) is 0.737. The van der Waals surface area contributed by atoms with E-state index in [2.05, 4.69) is 29.7 Å². The summed E-state index contributed by atoms with van der Waals surface area (Å²) >= 11 is 0. The Morgan fingerprint density at radius 2 is 1.91 bits per heavy atom. The summed E-state index contributed by atoms with van der Waals surface area (Å²) in [7, 11) is 0. The third kappa shape index (κ3) is 5.64. The first kappa shape index (κ1) is 17.3. The first-order valence-electron chi connectivity index (χ1n) is 8.65. The van der Waals surface area contributed by atoms with Crippen molar-refractivity contribution in [3.63, 3.8) is 0 Å². The van der Waals surface area contributed by atoms with Gasteiger partial charge in [0, 0.05) is 12.1 Å². The Morgan fingerprint density at radius 1 is 1.18 bits per heavy atom. The third-order valence-electron chi connectivity index (χ3n) is 4.65. The molecule has 126 valence electrons. The number of carbonyl (C=O) groups is 1. The molecule has 0 spiro atoms. The third-order valence-corrected chi connectivity index (χ3v) is 4.65. The minimum absolute atomic E-state index is 0.0158. The zero-order chi connectivity index (χ0) is 16.2. The average Bonchev–Trinajstić information content (AvgIpc) is 3.27. The van der Waals surface area contributed by atoms with Gasteiger partial charge in [0.05, 0.1) is 0 Å². The highest BCUT2D eigenvalue weighted by Crippen LogP contribution is 2.39. The van der Waals surface area contributed by atoms with E-state index in [-0.39, 0.29) is 11.6 Å². The summed E-state index contributed by atoms with van der Waals surface area (Å²) in [5.41, 5.74) is -0.458. The first-order valence-corrected chi connectivity index (χ1v) is 8.65. The van der Waals surface area contributed by atoms with E-state index in [1.807, 2.05) is 20.8 Å². The van der Waals surface area contributed by atoms with Gasteiger partial charge in [0.15, 0.2) is 0 Å². The number of ether oxygens (including phenoxy) is 1. The highest BCUT2D eigenvalue weighted by Gasteiger charge is 2.41. The fraction of sp³-hybridized carbons (Fsp3) is 0.833. The van der Waals surface area contributed by atoms with Crippen LogP contribution in [-0.2, 0) is 4.74 Å². The second-order valence-electron chi connectivity index (χ2n) is 8.08. The maximum absolute atomic E-state index is 11.9. The number of amides is 1. The highest BCUT2D eigenvalue weighted by atomic mass is 16.6. The molecule has 2 rings (SSSR count). The lowest BCUT2D eigenvalue weighted by Crippen LogP contribution is -2.54. The zero-order valence-electron chi connectivity index (χ0n) is 14.6. The first-order chi connectivity index (χ1) is 10.3. The van der Waals surface area contributed by atoms with Crippen LogP contribution in [0.15, 0.2) is 12.2 Å². The molecule has 0 heterocycles. The van der Waals surface area contributed by atoms with Crippen molar-refractivity contribution in [1.29, 1.82) is 0 Å². The molecule has 0 saturated heterocycles. The van der Waals surface area contributed by atoms with Gasteiger partial charge in [0.1, 0.15) is 5.60 Å². The van der Waals surface area contributed by atoms with Crippen LogP contribution in [0.4, 0.5) is 4.79 Å². The monoisotopic (exact) mass is 308 g/mol. The molecule has 2 N–H and O–H groups in total. The van der Waals surface area contributed by atoms with Gasteiger partial charge in [-0.05, 0) is 78.2 Å². The van der Waals surface area contributed by atoms with Gasteiger partial charge >= 0.3 is 6.09 Å². The average molecular weight is 308 g/mol. The molecule has 0 bridgehead atoms. The second kappa shape index (κ2) is 7.03. The molecule has 0 aromatic rings. The van der Waals surface area contributed by atoms with Crippen LogP contribution in [0, 0.1) is 11.8 Å². The predicted molar refractivity (Wildman–Crippen MR) is 89.8 cm³/mol. The molecule has 2 unspecified atom stereocenters. The lowest BCUT2D eigenvalue weighted by molar-refractivity contribution is 0.0507. The van der Waals surface area contributed by atoms with Crippen LogP contribution in [0.1, 0.15) is 59.8 Å². The van der Waals surface area contributed by atoms with Crippen molar-refractivity contribution in [2.24, 2.45) is 11.8 Å². The van der Waals surface area contributed by atoms with Crippen molar-refractivity contribution in [2.75, 3.05) is 13.1 Å². The van der Waals surface area contributed by atoms with Gasteiger partial charge in [-0.15, -0.1) is 0 Å². The Bertz CT molecular complexity index is 410. The molecule has 4 heteroatoms. The molecule has 0 aliphatic heterocycles. The standard InChI is InChI=1S/C18H32N2O2/c1-17(2,3)22-16(21)19-13-18(4,15-10-11-15)20-12-14-8-6-5-7-9-14/h5-6,14-15,20H,7-13H2,1-4H3,(H,19,21). The molecule has 0 aromatic heterocycles. The second-order valence-corrected chi connectivity index (χ2v) is 8.08. The van der Waals surface area contributed by atoms with Crippen LogP contribution >= 0.6 is 0 Å². The van der Waals surface area contributed by atoms with Crippen molar-refractivity contribution >= 4 is 6.09 Å². The van der Waals surface area contributed by atoms with Crippen molar-refractivity contribution in [2.45, 2.75) is 70.9 Å². The molecular weight excluding hydrogens is 276 g/mol. The van der Waals surface area contributed by atoms with Gasteiger partial charge in [-0.25, -0.2) is 4.79 Å². The number of rotatable bonds is 6. The largest absolute Gasteiger partial charge is 0.444 e. The summed E-state index contributed by atoms with van der Waals surface area (Å²) in [4.78, 5) is 11.9. The predicted octanol–water partition coefficient (Wildman–Crippen LogP) is 3.63. The van der Waals surface area contributed by atoms with Gasteiger partial charge in [0.25, 0.3) is 0 Å². The molecule has 1 amide bonds. The zero-order valence-corrected chi connectivity index (χ0v) is 14.6. The number of hydrogen-bond donors (Lipinski definition) is 2. The van der Waals surface area contributed by atoms with Crippen LogP contribution in [0.3, 0.4) is 0 Å². The molecule has 22 heavy (non-hydrogen) atoms. The topological polar surface area (TPSA) is 50.4 Å². The smallest absolute Gasteiger partial charge is 0.407 e. The molecule has 2 atom stereocenters. The van der Waals surface area contributed by atoms with Crippen LogP contribution in [0.25, 0.3) is 0 Å². The summed E-state index contributed by atoms with van der Waals surface area (Å²) in [6, 6.07) is 0. The van der Waals surface area contributed by atoms with Gasteiger partial charge < -0.3 is 15.4 Å². The minimum Gasteiger partial charge on any atom is -0.444 e. The Morgan fingerprint density at radius 3 is 2.45 bits per heavy atom. The maximum Gasteiger partial charge on any atom is 0.407 e. The number of allylic oxidation sites excluding steroid dienone is 2. The van der Waals surface area contributed by atoms with Crippen molar-refractivity contribution in [3.05, 3.63) is 12.2 Å². The molecule has 1 saturated carbocycles. The van der Waals surface area contributed by atoms with Crippen LogP contribution < -0.4 is 10.6 Å². The SMILES string of the molecule is CC(C)(C)OC(=O)NCC(C)(NCC1CC=CCC1)C1CC1. The van der Waals surface area contributed by atoms with Crippen LogP contribution in [0.2, 0.25) is 0 Å². The Labute approximate surface area is 135 Å². The van der Waals surface area contributed by atoms with Crippen molar-refractivity contribution in [3.8, 4) is 0 Å². The van der Waals surface area contributed by atoms with Crippen LogP contribution in [-0.4, -0.2) is 30.3 Å². The minimum atomic E-state index is -0.443. The van der Waals surface area contributed by atoms with E-state index < -0.39 is 5.60 Å². The normalized spacial score (nSPS) is 24.6. The molecule has 4 nitrogen and oxygen atoms in total. The van der Waals surface area contributed by atoms with Gasteiger partial charge in [-0.1, -0.05) is 12.2 Å².